The molecule has 0 saturated carbocycles. The van der Waals surface area contributed by atoms with Crippen LogP contribution in [0.4, 0.5) is 0 Å². The highest BCUT2D eigenvalue weighted by atomic mass is 32.2. The zero-order valence-corrected chi connectivity index (χ0v) is 15.1. The van der Waals surface area contributed by atoms with E-state index in [1.165, 1.54) is 17.3 Å². The first-order valence-corrected chi connectivity index (χ1v) is 9.55. The van der Waals surface area contributed by atoms with E-state index < -0.39 is 0 Å². The number of fused-ring (bicyclic) bond motifs is 1. The number of benzene rings is 2. The Morgan fingerprint density at radius 1 is 1.16 bits per heavy atom. The predicted octanol–water partition coefficient (Wildman–Crippen LogP) is 4.33. The third kappa shape index (κ3) is 3.42. The zero-order chi connectivity index (χ0) is 17.2. The van der Waals surface area contributed by atoms with Crippen LogP contribution in [0, 0.1) is 6.92 Å². The molecule has 1 amide bonds. The molecule has 128 valence electrons. The SMILES string of the molecule is Cc1ccc2nc(S[C@H](C(=O)N3CCCC3)c3ccccc3)[nH]c2c1. The number of carbonyl (C=O) groups excluding carboxylic acids is 1. The fourth-order valence-electron chi connectivity index (χ4n) is 3.26. The molecule has 0 unspecified atom stereocenters. The Balaban J connectivity index is 1.66. The third-order valence-electron chi connectivity index (χ3n) is 4.59. The Labute approximate surface area is 151 Å². The van der Waals surface area contributed by atoms with Crippen LogP contribution < -0.4 is 0 Å². The van der Waals surface area contributed by atoms with Crippen LogP contribution in [-0.4, -0.2) is 33.9 Å². The monoisotopic (exact) mass is 351 g/mol. The molecule has 25 heavy (non-hydrogen) atoms. The van der Waals surface area contributed by atoms with E-state index in [2.05, 4.69) is 29.0 Å². The minimum Gasteiger partial charge on any atom is -0.341 e. The van der Waals surface area contributed by atoms with E-state index in [1.54, 1.807) is 0 Å². The summed E-state index contributed by atoms with van der Waals surface area (Å²) in [6.45, 7) is 3.79. The first kappa shape index (κ1) is 16.2. The third-order valence-corrected chi connectivity index (χ3v) is 5.72. The summed E-state index contributed by atoms with van der Waals surface area (Å²) < 4.78 is 0. The summed E-state index contributed by atoms with van der Waals surface area (Å²) in [5.41, 5.74) is 4.18. The predicted molar refractivity (Wildman–Crippen MR) is 102 cm³/mol. The van der Waals surface area contributed by atoms with E-state index in [0.717, 1.165) is 47.7 Å². The molecule has 2 heterocycles. The van der Waals surface area contributed by atoms with Gasteiger partial charge in [-0.15, -0.1) is 0 Å². The second-order valence-electron chi connectivity index (χ2n) is 6.50. The van der Waals surface area contributed by atoms with Gasteiger partial charge in [-0.05, 0) is 43.0 Å². The number of likely N-dealkylation sites (tertiary alicyclic amines) is 1. The van der Waals surface area contributed by atoms with Crippen molar-refractivity contribution in [1.29, 1.82) is 0 Å². The lowest BCUT2D eigenvalue weighted by atomic mass is 10.1. The number of aromatic amines is 1. The lowest BCUT2D eigenvalue weighted by Gasteiger charge is -2.22. The lowest BCUT2D eigenvalue weighted by Crippen LogP contribution is -2.31. The number of carbonyl (C=O) groups is 1. The van der Waals surface area contributed by atoms with Crippen molar-refractivity contribution in [3.63, 3.8) is 0 Å². The van der Waals surface area contributed by atoms with Gasteiger partial charge in [0, 0.05) is 13.1 Å². The number of aryl methyl sites for hydroxylation is 1. The molecule has 1 aromatic heterocycles. The van der Waals surface area contributed by atoms with Gasteiger partial charge in [-0.2, -0.15) is 0 Å². The Morgan fingerprint density at radius 2 is 1.92 bits per heavy atom. The molecule has 1 N–H and O–H groups in total. The Bertz CT molecular complexity index is 884. The van der Waals surface area contributed by atoms with Crippen LogP contribution in [0.2, 0.25) is 0 Å². The molecule has 0 bridgehead atoms. The van der Waals surface area contributed by atoms with E-state index in [-0.39, 0.29) is 11.2 Å². The maximum Gasteiger partial charge on any atom is 0.240 e. The van der Waals surface area contributed by atoms with Crippen molar-refractivity contribution in [2.75, 3.05) is 13.1 Å². The number of aromatic nitrogens is 2. The molecule has 0 radical (unpaired) electrons. The quantitative estimate of drug-likeness (QED) is 0.712. The molecule has 2 aromatic carbocycles. The van der Waals surface area contributed by atoms with E-state index in [4.69, 9.17) is 0 Å². The molecule has 0 aliphatic carbocycles. The number of thioether (sulfide) groups is 1. The van der Waals surface area contributed by atoms with Crippen LogP contribution in [0.3, 0.4) is 0 Å². The molecule has 3 aromatic rings. The van der Waals surface area contributed by atoms with Crippen LogP contribution in [-0.2, 0) is 4.79 Å². The largest absolute Gasteiger partial charge is 0.341 e. The summed E-state index contributed by atoms with van der Waals surface area (Å²) in [7, 11) is 0. The summed E-state index contributed by atoms with van der Waals surface area (Å²) in [6.07, 6.45) is 2.20. The van der Waals surface area contributed by atoms with Gasteiger partial charge >= 0.3 is 0 Å². The first-order chi connectivity index (χ1) is 12.2. The molecular formula is C20H21N3OS. The van der Waals surface area contributed by atoms with Crippen molar-refractivity contribution < 1.29 is 4.79 Å². The van der Waals surface area contributed by atoms with Gasteiger partial charge in [0.2, 0.25) is 5.91 Å². The van der Waals surface area contributed by atoms with Crippen molar-refractivity contribution in [1.82, 2.24) is 14.9 Å². The number of H-pyrrole nitrogens is 1. The number of nitrogens with one attached hydrogen (secondary N) is 1. The fraction of sp³-hybridized carbons (Fsp3) is 0.300. The average molecular weight is 351 g/mol. The van der Waals surface area contributed by atoms with Crippen molar-refractivity contribution >= 4 is 28.7 Å². The highest BCUT2D eigenvalue weighted by molar-refractivity contribution is 8.00. The number of imidazole rings is 1. The van der Waals surface area contributed by atoms with Crippen molar-refractivity contribution in [3.05, 3.63) is 59.7 Å². The van der Waals surface area contributed by atoms with Gasteiger partial charge < -0.3 is 9.88 Å². The molecule has 1 fully saturated rings. The smallest absolute Gasteiger partial charge is 0.240 e. The van der Waals surface area contributed by atoms with Crippen LogP contribution in [0.5, 0.6) is 0 Å². The molecule has 4 rings (SSSR count). The Kier molecular flexibility index (Phi) is 4.49. The highest BCUT2D eigenvalue weighted by Gasteiger charge is 2.29. The molecule has 1 atom stereocenters. The molecule has 1 aliphatic heterocycles. The van der Waals surface area contributed by atoms with Crippen LogP contribution >= 0.6 is 11.8 Å². The normalized spacial score (nSPS) is 15.6. The molecule has 1 saturated heterocycles. The molecule has 0 spiro atoms. The minimum absolute atomic E-state index is 0.185. The van der Waals surface area contributed by atoms with Crippen LogP contribution in [0.15, 0.2) is 53.7 Å². The Hall–Kier alpha value is -2.27. The second-order valence-corrected chi connectivity index (χ2v) is 7.60. The van der Waals surface area contributed by atoms with Gasteiger partial charge in [0.15, 0.2) is 5.16 Å². The van der Waals surface area contributed by atoms with Crippen molar-refractivity contribution in [2.45, 2.75) is 30.2 Å². The van der Waals surface area contributed by atoms with E-state index in [0.29, 0.717) is 0 Å². The van der Waals surface area contributed by atoms with Gasteiger partial charge in [-0.3, -0.25) is 4.79 Å². The van der Waals surface area contributed by atoms with Gasteiger partial charge in [-0.25, -0.2) is 4.98 Å². The van der Waals surface area contributed by atoms with Crippen LogP contribution in [0.1, 0.15) is 29.2 Å². The number of nitrogens with zero attached hydrogens (tertiary/aromatic N) is 2. The molecular weight excluding hydrogens is 330 g/mol. The summed E-state index contributed by atoms with van der Waals surface area (Å²) in [4.78, 5) is 23.1. The van der Waals surface area contributed by atoms with Gasteiger partial charge in [0.1, 0.15) is 5.25 Å². The van der Waals surface area contributed by atoms with Crippen molar-refractivity contribution in [3.8, 4) is 0 Å². The number of hydrogen-bond donors (Lipinski definition) is 1. The molecule has 4 nitrogen and oxygen atoms in total. The number of hydrogen-bond acceptors (Lipinski definition) is 3. The van der Waals surface area contributed by atoms with E-state index in [1.807, 2.05) is 41.3 Å². The molecule has 1 aliphatic rings. The lowest BCUT2D eigenvalue weighted by molar-refractivity contribution is -0.129. The summed E-state index contributed by atoms with van der Waals surface area (Å²) in [6, 6.07) is 16.2. The summed E-state index contributed by atoms with van der Waals surface area (Å²) >= 11 is 1.51. The standard InChI is InChI=1S/C20H21N3OS/c1-14-9-10-16-17(13-14)22-20(21-16)25-18(15-7-3-2-4-8-15)19(24)23-11-5-6-12-23/h2-4,7-10,13,18H,5-6,11-12H2,1H3,(H,21,22)/t18-/m0/s1. The number of rotatable bonds is 4. The van der Waals surface area contributed by atoms with E-state index in [9.17, 15) is 4.79 Å². The van der Waals surface area contributed by atoms with Gasteiger partial charge in [0.25, 0.3) is 0 Å². The zero-order valence-electron chi connectivity index (χ0n) is 14.2. The maximum absolute atomic E-state index is 13.1. The summed E-state index contributed by atoms with van der Waals surface area (Å²) in [5, 5.41) is 0.531. The van der Waals surface area contributed by atoms with Crippen LogP contribution in [0.25, 0.3) is 11.0 Å². The van der Waals surface area contributed by atoms with Gasteiger partial charge in [0.05, 0.1) is 11.0 Å². The van der Waals surface area contributed by atoms with Gasteiger partial charge in [-0.1, -0.05) is 48.2 Å². The number of amides is 1. The topological polar surface area (TPSA) is 49.0 Å². The minimum atomic E-state index is -0.263. The highest BCUT2D eigenvalue weighted by Crippen LogP contribution is 2.36. The first-order valence-electron chi connectivity index (χ1n) is 8.67. The maximum atomic E-state index is 13.1. The average Bonchev–Trinajstić information content (AvgIpc) is 3.29. The fourth-order valence-corrected chi connectivity index (χ4v) is 4.35. The van der Waals surface area contributed by atoms with E-state index >= 15 is 0 Å². The second kappa shape index (κ2) is 6.92. The molecule has 5 heteroatoms. The summed E-state index contributed by atoms with van der Waals surface area (Å²) in [5.74, 6) is 0.185. The van der Waals surface area contributed by atoms with Crippen molar-refractivity contribution in [2.24, 2.45) is 0 Å². The Morgan fingerprint density at radius 3 is 2.68 bits per heavy atom.